The molecule has 0 N–H and O–H groups in total. The van der Waals surface area contributed by atoms with Crippen molar-refractivity contribution >= 4 is 5.91 Å². The zero-order valence-electron chi connectivity index (χ0n) is 21.6. The summed E-state index contributed by atoms with van der Waals surface area (Å²) in [5.74, 6) is 0.298. The molecule has 1 aliphatic heterocycles. The molecule has 0 bridgehead atoms. The van der Waals surface area contributed by atoms with Crippen molar-refractivity contribution in [1.29, 1.82) is 0 Å². The lowest BCUT2D eigenvalue weighted by Gasteiger charge is -2.34. The number of rotatable bonds is 14. The molecule has 1 amide bonds. The SMILES string of the molecule is C=CCN1CCN(C(=O)CC/C=C(\C)CC/C=C(\C)CC/C=C(\C)CCC=C(C)C)CC1. The topological polar surface area (TPSA) is 23.6 Å². The molecule has 1 heterocycles. The summed E-state index contributed by atoms with van der Waals surface area (Å²) in [7, 11) is 0. The second-order valence-electron chi connectivity index (χ2n) is 9.56. The lowest BCUT2D eigenvalue weighted by molar-refractivity contribution is -0.132. The number of piperazine rings is 1. The highest BCUT2D eigenvalue weighted by atomic mass is 16.2. The van der Waals surface area contributed by atoms with Gasteiger partial charge in [0, 0.05) is 39.1 Å². The summed E-state index contributed by atoms with van der Waals surface area (Å²) in [4.78, 5) is 16.8. The van der Waals surface area contributed by atoms with Gasteiger partial charge in [0.15, 0.2) is 0 Å². The Bertz CT molecular complexity index is 684. The van der Waals surface area contributed by atoms with Crippen LogP contribution in [-0.4, -0.2) is 48.4 Å². The summed E-state index contributed by atoms with van der Waals surface area (Å²) in [6, 6.07) is 0. The number of carbonyl (C=O) groups is 1. The Morgan fingerprint density at radius 1 is 0.688 bits per heavy atom. The average molecular weight is 441 g/mol. The molecule has 1 aliphatic rings. The molecule has 1 fully saturated rings. The molecule has 0 unspecified atom stereocenters. The molecular formula is C29H48N2O. The number of amides is 1. The van der Waals surface area contributed by atoms with Gasteiger partial charge in [-0.15, -0.1) is 6.58 Å². The number of allylic oxidation sites excluding steroid dienone is 8. The van der Waals surface area contributed by atoms with Gasteiger partial charge in [-0.3, -0.25) is 9.69 Å². The van der Waals surface area contributed by atoms with E-state index in [2.05, 4.69) is 70.4 Å². The molecule has 180 valence electrons. The Balaban J connectivity index is 2.21. The maximum absolute atomic E-state index is 12.4. The highest BCUT2D eigenvalue weighted by molar-refractivity contribution is 5.76. The lowest BCUT2D eigenvalue weighted by Crippen LogP contribution is -2.48. The quantitative estimate of drug-likeness (QED) is 0.266. The summed E-state index contributed by atoms with van der Waals surface area (Å²) in [5.41, 5.74) is 5.79. The minimum absolute atomic E-state index is 0.298. The highest BCUT2D eigenvalue weighted by Crippen LogP contribution is 2.14. The Kier molecular flexibility index (Phi) is 14.7. The van der Waals surface area contributed by atoms with Crippen LogP contribution in [0, 0.1) is 0 Å². The Morgan fingerprint density at radius 2 is 1.12 bits per heavy atom. The van der Waals surface area contributed by atoms with E-state index >= 15 is 0 Å². The van der Waals surface area contributed by atoms with E-state index in [1.165, 1.54) is 28.7 Å². The van der Waals surface area contributed by atoms with Crippen LogP contribution in [0.1, 0.15) is 86.0 Å². The van der Waals surface area contributed by atoms with Crippen molar-refractivity contribution < 1.29 is 4.79 Å². The Morgan fingerprint density at radius 3 is 1.56 bits per heavy atom. The van der Waals surface area contributed by atoms with E-state index in [4.69, 9.17) is 0 Å². The molecule has 3 heteroatoms. The molecule has 0 aromatic rings. The second kappa shape index (κ2) is 16.7. The third kappa shape index (κ3) is 13.5. The first kappa shape index (κ1) is 28.2. The van der Waals surface area contributed by atoms with Crippen LogP contribution >= 0.6 is 0 Å². The second-order valence-corrected chi connectivity index (χ2v) is 9.56. The van der Waals surface area contributed by atoms with E-state index in [1.54, 1.807) is 0 Å². The molecule has 3 nitrogen and oxygen atoms in total. The predicted molar refractivity (Wildman–Crippen MR) is 141 cm³/mol. The monoisotopic (exact) mass is 440 g/mol. The fourth-order valence-electron chi connectivity index (χ4n) is 3.95. The van der Waals surface area contributed by atoms with E-state index in [-0.39, 0.29) is 0 Å². The molecular weight excluding hydrogens is 392 g/mol. The summed E-state index contributed by atoms with van der Waals surface area (Å²) >= 11 is 0. The molecule has 0 saturated carbocycles. The van der Waals surface area contributed by atoms with Gasteiger partial charge in [0.25, 0.3) is 0 Å². The third-order valence-electron chi connectivity index (χ3n) is 6.12. The molecule has 0 aromatic heterocycles. The first-order chi connectivity index (χ1) is 15.3. The molecule has 0 radical (unpaired) electrons. The van der Waals surface area contributed by atoms with Crippen molar-refractivity contribution in [2.24, 2.45) is 0 Å². The molecule has 0 aliphatic carbocycles. The highest BCUT2D eigenvalue weighted by Gasteiger charge is 2.19. The fourth-order valence-corrected chi connectivity index (χ4v) is 3.95. The third-order valence-corrected chi connectivity index (χ3v) is 6.12. The number of carbonyl (C=O) groups excluding carboxylic acids is 1. The van der Waals surface area contributed by atoms with Crippen LogP contribution in [0.3, 0.4) is 0 Å². The Hall–Kier alpha value is -1.87. The van der Waals surface area contributed by atoms with E-state index in [0.29, 0.717) is 12.3 Å². The van der Waals surface area contributed by atoms with Crippen molar-refractivity contribution in [2.75, 3.05) is 32.7 Å². The van der Waals surface area contributed by atoms with Gasteiger partial charge in [0.1, 0.15) is 0 Å². The van der Waals surface area contributed by atoms with Crippen LogP contribution in [0.15, 0.2) is 59.3 Å². The van der Waals surface area contributed by atoms with Crippen molar-refractivity contribution in [1.82, 2.24) is 9.80 Å². The summed E-state index contributed by atoms with van der Waals surface area (Å²) in [6.45, 7) is 19.4. The van der Waals surface area contributed by atoms with Crippen molar-refractivity contribution in [3.63, 3.8) is 0 Å². The maximum atomic E-state index is 12.4. The summed E-state index contributed by atoms with van der Waals surface area (Å²) in [6.07, 6.45) is 19.6. The fraction of sp³-hybridized carbons (Fsp3) is 0.621. The molecule has 1 saturated heterocycles. The number of nitrogens with zero attached hydrogens (tertiary/aromatic N) is 2. The van der Waals surface area contributed by atoms with Crippen LogP contribution in [-0.2, 0) is 4.79 Å². The van der Waals surface area contributed by atoms with Crippen LogP contribution in [0.4, 0.5) is 0 Å². The van der Waals surface area contributed by atoms with Gasteiger partial charge in [-0.2, -0.15) is 0 Å². The van der Waals surface area contributed by atoms with Gasteiger partial charge in [0.05, 0.1) is 0 Å². The van der Waals surface area contributed by atoms with Gasteiger partial charge in [-0.05, 0) is 79.6 Å². The standard InChI is InChI=1S/C29H48N2O/c1-7-20-30-21-23-31(24-22-30)29(32)19-11-18-28(6)17-10-16-27(5)15-9-14-26(4)13-8-12-25(2)3/h7,12,14,16,18H,1,8-11,13,15,17,19-24H2,2-6H3/b26-14+,27-16+,28-18+. The molecule has 0 aromatic carbocycles. The smallest absolute Gasteiger partial charge is 0.222 e. The van der Waals surface area contributed by atoms with Gasteiger partial charge < -0.3 is 4.90 Å². The average Bonchev–Trinajstić information content (AvgIpc) is 2.74. The maximum Gasteiger partial charge on any atom is 0.222 e. The summed E-state index contributed by atoms with van der Waals surface area (Å²) < 4.78 is 0. The number of hydrogen-bond donors (Lipinski definition) is 0. The molecule has 32 heavy (non-hydrogen) atoms. The van der Waals surface area contributed by atoms with Gasteiger partial charge in [0.2, 0.25) is 5.91 Å². The first-order valence-corrected chi connectivity index (χ1v) is 12.5. The predicted octanol–water partition coefficient (Wildman–Crippen LogP) is 7.24. The molecule has 0 spiro atoms. The lowest BCUT2D eigenvalue weighted by atomic mass is 10.0. The Labute approximate surface area is 198 Å². The summed E-state index contributed by atoms with van der Waals surface area (Å²) in [5, 5.41) is 0. The molecule has 1 rings (SSSR count). The van der Waals surface area contributed by atoms with Crippen molar-refractivity contribution in [2.45, 2.75) is 86.0 Å². The minimum atomic E-state index is 0.298. The largest absolute Gasteiger partial charge is 0.340 e. The van der Waals surface area contributed by atoms with E-state index < -0.39 is 0 Å². The van der Waals surface area contributed by atoms with E-state index in [1.807, 2.05) is 11.0 Å². The number of hydrogen-bond acceptors (Lipinski definition) is 2. The molecule has 0 atom stereocenters. The van der Waals surface area contributed by atoms with Gasteiger partial charge in [-0.1, -0.05) is 52.7 Å². The van der Waals surface area contributed by atoms with Crippen molar-refractivity contribution in [3.05, 3.63) is 59.3 Å². The van der Waals surface area contributed by atoms with Crippen LogP contribution < -0.4 is 0 Å². The van der Waals surface area contributed by atoms with Crippen LogP contribution in [0.25, 0.3) is 0 Å². The normalized spacial score (nSPS) is 16.3. The van der Waals surface area contributed by atoms with Crippen LogP contribution in [0.2, 0.25) is 0 Å². The van der Waals surface area contributed by atoms with Gasteiger partial charge >= 0.3 is 0 Å². The van der Waals surface area contributed by atoms with Crippen molar-refractivity contribution in [3.8, 4) is 0 Å². The zero-order valence-corrected chi connectivity index (χ0v) is 21.6. The van der Waals surface area contributed by atoms with Crippen LogP contribution in [0.5, 0.6) is 0 Å². The van der Waals surface area contributed by atoms with E-state index in [9.17, 15) is 4.79 Å². The minimum Gasteiger partial charge on any atom is -0.340 e. The van der Waals surface area contributed by atoms with Gasteiger partial charge in [-0.25, -0.2) is 0 Å². The van der Waals surface area contributed by atoms with E-state index in [0.717, 1.165) is 71.2 Å². The zero-order chi connectivity index (χ0) is 23.8. The first-order valence-electron chi connectivity index (χ1n) is 12.5.